The Morgan fingerprint density at radius 1 is 1.26 bits per heavy atom. The van der Waals surface area contributed by atoms with Crippen LogP contribution in [-0.4, -0.2) is 11.0 Å². The first-order chi connectivity index (χ1) is 9.22. The van der Waals surface area contributed by atoms with Crippen molar-refractivity contribution in [3.8, 4) is 0 Å². The van der Waals surface area contributed by atoms with Crippen molar-refractivity contribution in [2.75, 3.05) is 11.1 Å². The number of fused-ring (bicyclic) bond motifs is 1. The lowest BCUT2D eigenvalue weighted by Crippen LogP contribution is -2.27. The van der Waals surface area contributed by atoms with Gasteiger partial charge in [-0.15, -0.1) is 0 Å². The minimum atomic E-state index is 0.433. The summed E-state index contributed by atoms with van der Waals surface area (Å²) in [4.78, 5) is 4.34. The van der Waals surface area contributed by atoms with Gasteiger partial charge in [-0.3, -0.25) is 0 Å². The topological polar surface area (TPSA) is 50.9 Å². The Hall–Kier alpha value is -1.55. The van der Waals surface area contributed by atoms with Crippen molar-refractivity contribution in [1.29, 1.82) is 0 Å². The predicted octanol–water partition coefficient (Wildman–Crippen LogP) is 3.40. The molecule has 0 radical (unpaired) electrons. The van der Waals surface area contributed by atoms with Gasteiger partial charge in [0.15, 0.2) is 0 Å². The number of pyridine rings is 1. The molecule has 0 amide bonds. The number of aromatic nitrogens is 1. The second-order valence-electron chi connectivity index (χ2n) is 4.95. The maximum Gasteiger partial charge on any atom is 0.140 e. The van der Waals surface area contributed by atoms with Gasteiger partial charge >= 0.3 is 0 Å². The maximum absolute atomic E-state index is 5.70. The van der Waals surface area contributed by atoms with Crippen molar-refractivity contribution < 1.29 is 0 Å². The Bertz CT molecular complexity index is 598. The zero-order chi connectivity index (χ0) is 13.2. The van der Waals surface area contributed by atoms with E-state index in [-0.39, 0.29) is 0 Å². The van der Waals surface area contributed by atoms with Crippen molar-refractivity contribution in [3.63, 3.8) is 0 Å². The second-order valence-corrected chi connectivity index (χ2v) is 5.81. The molecule has 0 saturated heterocycles. The van der Waals surface area contributed by atoms with Gasteiger partial charge in [-0.2, -0.15) is 0 Å². The third-order valence-electron chi connectivity index (χ3n) is 3.55. The Labute approximate surface area is 121 Å². The molecule has 1 aromatic heterocycles. The van der Waals surface area contributed by atoms with Crippen molar-refractivity contribution in [1.82, 2.24) is 4.98 Å². The van der Waals surface area contributed by atoms with E-state index in [2.05, 4.69) is 50.5 Å². The third kappa shape index (κ3) is 2.73. The summed E-state index contributed by atoms with van der Waals surface area (Å²) in [5.41, 5.74) is 9.30. The lowest BCUT2D eigenvalue weighted by molar-refractivity contribution is 0.608. The van der Waals surface area contributed by atoms with E-state index >= 15 is 0 Å². The molecule has 0 fully saturated rings. The van der Waals surface area contributed by atoms with E-state index in [1.54, 1.807) is 6.20 Å². The standard InChI is InChI=1S/C15H16BrN3/c16-14-8-12(17)9-18-15(14)19-13-6-5-10-3-1-2-4-11(10)7-13/h1-4,8-9,13H,5-7,17H2,(H,18,19). The molecule has 3 nitrogen and oxygen atoms in total. The first kappa shape index (κ1) is 12.5. The van der Waals surface area contributed by atoms with Crippen LogP contribution in [0.3, 0.4) is 0 Å². The molecular formula is C15H16BrN3. The minimum absolute atomic E-state index is 0.433. The van der Waals surface area contributed by atoms with Crippen LogP contribution < -0.4 is 11.1 Å². The molecule has 1 heterocycles. The molecule has 1 aliphatic carbocycles. The zero-order valence-corrected chi connectivity index (χ0v) is 12.2. The fourth-order valence-electron chi connectivity index (χ4n) is 2.57. The number of rotatable bonds is 2. The van der Waals surface area contributed by atoms with Crippen LogP contribution in [-0.2, 0) is 12.8 Å². The molecule has 4 heteroatoms. The van der Waals surface area contributed by atoms with Crippen molar-refractivity contribution in [2.24, 2.45) is 0 Å². The summed E-state index contributed by atoms with van der Waals surface area (Å²) in [5.74, 6) is 0.874. The first-order valence-electron chi connectivity index (χ1n) is 6.47. The maximum atomic E-state index is 5.70. The van der Waals surface area contributed by atoms with E-state index in [1.807, 2.05) is 6.07 Å². The fraction of sp³-hybridized carbons (Fsp3) is 0.267. The molecule has 19 heavy (non-hydrogen) atoms. The van der Waals surface area contributed by atoms with E-state index < -0.39 is 0 Å². The summed E-state index contributed by atoms with van der Waals surface area (Å²) in [5, 5.41) is 3.50. The Balaban J connectivity index is 1.75. The summed E-state index contributed by atoms with van der Waals surface area (Å²) >= 11 is 3.50. The van der Waals surface area contributed by atoms with E-state index in [4.69, 9.17) is 5.73 Å². The lowest BCUT2D eigenvalue weighted by atomic mass is 9.88. The number of nitrogens with zero attached hydrogens (tertiary/aromatic N) is 1. The summed E-state index contributed by atoms with van der Waals surface area (Å²) in [7, 11) is 0. The molecular weight excluding hydrogens is 302 g/mol. The van der Waals surface area contributed by atoms with Crippen LogP contribution in [0, 0.1) is 0 Å². The summed E-state index contributed by atoms with van der Waals surface area (Å²) in [6.07, 6.45) is 4.99. The normalized spacial score (nSPS) is 17.8. The number of nitrogen functional groups attached to an aromatic ring is 1. The smallest absolute Gasteiger partial charge is 0.140 e. The van der Waals surface area contributed by atoms with E-state index in [9.17, 15) is 0 Å². The number of anilines is 2. The average Bonchev–Trinajstić information content (AvgIpc) is 2.42. The number of hydrogen-bond acceptors (Lipinski definition) is 3. The van der Waals surface area contributed by atoms with Gasteiger partial charge in [0.1, 0.15) is 5.82 Å². The van der Waals surface area contributed by atoms with Gasteiger partial charge in [-0.1, -0.05) is 24.3 Å². The van der Waals surface area contributed by atoms with Crippen LogP contribution in [0.5, 0.6) is 0 Å². The Morgan fingerprint density at radius 3 is 2.84 bits per heavy atom. The summed E-state index contributed by atoms with van der Waals surface area (Å²) in [6, 6.07) is 11.0. The van der Waals surface area contributed by atoms with Crippen LogP contribution >= 0.6 is 15.9 Å². The van der Waals surface area contributed by atoms with Crippen LogP contribution in [0.15, 0.2) is 41.0 Å². The van der Waals surface area contributed by atoms with Gasteiger partial charge in [0.05, 0.1) is 16.4 Å². The monoisotopic (exact) mass is 317 g/mol. The third-order valence-corrected chi connectivity index (χ3v) is 4.15. The molecule has 1 aromatic carbocycles. The Kier molecular flexibility index (Phi) is 3.42. The Morgan fingerprint density at radius 2 is 2.05 bits per heavy atom. The van der Waals surface area contributed by atoms with Gasteiger partial charge in [-0.25, -0.2) is 4.98 Å². The molecule has 0 spiro atoms. The summed E-state index contributed by atoms with van der Waals surface area (Å²) < 4.78 is 0.923. The van der Waals surface area contributed by atoms with Gasteiger partial charge < -0.3 is 11.1 Å². The molecule has 1 aliphatic rings. The lowest BCUT2D eigenvalue weighted by Gasteiger charge is -2.26. The van der Waals surface area contributed by atoms with Gasteiger partial charge in [0.2, 0.25) is 0 Å². The number of nitrogens with one attached hydrogen (secondary N) is 1. The predicted molar refractivity (Wildman–Crippen MR) is 82.2 cm³/mol. The SMILES string of the molecule is Nc1cnc(NC2CCc3ccccc3C2)c(Br)c1. The molecule has 0 aliphatic heterocycles. The van der Waals surface area contributed by atoms with Crippen molar-refractivity contribution >= 4 is 27.4 Å². The first-order valence-corrected chi connectivity index (χ1v) is 7.26. The van der Waals surface area contributed by atoms with Crippen molar-refractivity contribution in [2.45, 2.75) is 25.3 Å². The van der Waals surface area contributed by atoms with Crippen LogP contribution in [0.1, 0.15) is 17.5 Å². The molecule has 0 saturated carbocycles. The quantitative estimate of drug-likeness (QED) is 0.892. The van der Waals surface area contributed by atoms with Gasteiger partial charge in [-0.05, 0) is 52.4 Å². The summed E-state index contributed by atoms with van der Waals surface area (Å²) in [6.45, 7) is 0. The van der Waals surface area contributed by atoms with Gasteiger partial charge in [0.25, 0.3) is 0 Å². The molecule has 3 N–H and O–H groups in total. The number of halogens is 1. The largest absolute Gasteiger partial charge is 0.397 e. The highest BCUT2D eigenvalue weighted by molar-refractivity contribution is 9.10. The number of aryl methyl sites for hydroxylation is 1. The van der Waals surface area contributed by atoms with Gasteiger partial charge in [0, 0.05) is 6.04 Å². The van der Waals surface area contributed by atoms with Crippen LogP contribution in [0.25, 0.3) is 0 Å². The van der Waals surface area contributed by atoms with E-state index in [0.717, 1.165) is 29.6 Å². The molecule has 3 rings (SSSR count). The highest BCUT2D eigenvalue weighted by Crippen LogP contribution is 2.27. The average molecular weight is 318 g/mol. The minimum Gasteiger partial charge on any atom is -0.397 e. The second kappa shape index (κ2) is 5.21. The van der Waals surface area contributed by atoms with E-state index in [0.29, 0.717) is 11.7 Å². The van der Waals surface area contributed by atoms with E-state index in [1.165, 1.54) is 11.1 Å². The zero-order valence-electron chi connectivity index (χ0n) is 10.6. The van der Waals surface area contributed by atoms with Crippen molar-refractivity contribution in [3.05, 3.63) is 52.1 Å². The van der Waals surface area contributed by atoms with Crippen LogP contribution in [0.4, 0.5) is 11.5 Å². The molecule has 2 aromatic rings. The highest BCUT2D eigenvalue weighted by Gasteiger charge is 2.19. The molecule has 98 valence electrons. The molecule has 0 bridgehead atoms. The number of hydrogen-bond donors (Lipinski definition) is 2. The highest BCUT2D eigenvalue weighted by atomic mass is 79.9. The van der Waals surface area contributed by atoms with Crippen LogP contribution in [0.2, 0.25) is 0 Å². The molecule has 1 atom stereocenters. The number of nitrogens with two attached hydrogens (primary N) is 1. The fourth-order valence-corrected chi connectivity index (χ4v) is 3.05. The number of benzene rings is 1. The molecule has 1 unspecified atom stereocenters.